The topological polar surface area (TPSA) is 20.3 Å². The van der Waals surface area contributed by atoms with E-state index in [-0.39, 0.29) is 23.0 Å². The van der Waals surface area contributed by atoms with Crippen molar-refractivity contribution in [2.75, 3.05) is 6.54 Å². The van der Waals surface area contributed by atoms with E-state index in [2.05, 4.69) is 59.9 Å². The Morgan fingerprint density at radius 3 is 1.53 bits per heavy atom. The van der Waals surface area contributed by atoms with Gasteiger partial charge in [0.05, 0.1) is 0 Å². The molecule has 196 valence electrons. The molecule has 1 saturated heterocycles. The maximum atomic E-state index is 15.7. The van der Waals surface area contributed by atoms with Gasteiger partial charge in [-0.3, -0.25) is 4.57 Å². The Kier molecular flexibility index (Phi) is 8.54. The van der Waals surface area contributed by atoms with Gasteiger partial charge in [0.15, 0.2) is 0 Å². The Hall–Kier alpha value is -2.64. The molecule has 1 heterocycles. The fourth-order valence-corrected chi connectivity index (χ4v) is 13.6. The number of halogens is 2. The Balaban J connectivity index is 1.73. The van der Waals surface area contributed by atoms with E-state index in [1.807, 2.05) is 12.1 Å². The molecule has 2 atom stereocenters. The molecule has 0 aromatic heterocycles. The molecule has 4 aromatic rings. The van der Waals surface area contributed by atoms with Crippen molar-refractivity contribution in [3.05, 3.63) is 132 Å². The van der Waals surface area contributed by atoms with Gasteiger partial charge < -0.3 is 0 Å². The molecule has 0 radical (unpaired) electrons. The highest BCUT2D eigenvalue weighted by atomic mass is 31.2. The fraction of sp³-hybridized carbons (Fsp3) is 0.250. The number of unbranched alkanes of at least 4 members (excludes halogenated alkanes) is 1. The van der Waals surface area contributed by atoms with Crippen LogP contribution < -0.4 is 10.6 Å². The van der Waals surface area contributed by atoms with Crippen LogP contribution in [-0.2, 0) is 4.57 Å². The molecule has 2 nitrogen and oxygen atoms in total. The van der Waals surface area contributed by atoms with Gasteiger partial charge >= 0.3 is 0 Å². The van der Waals surface area contributed by atoms with Crippen LogP contribution in [0, 0.1) is 11.6 Å². The summed E-state index contributed by atoms with van der Waals surface area (Å²) in [6.07, 6.45) is 3.85. The zero-order valence-corrected chi connectivity index (χ0v) is 23.4. The lowest BCUT2D eigenvalue weighted by atomic mass is 10.0. The molecule has 0 aliphatic carbocycles. The van der Waals surface area contributed by atoms with Gasteiger partial charge in [0.25, 0.3) is 0 Å². The van der Waals surface area contributed by atoms with Gasteiger partial charge in [0, 0.05) is 28.5 Å². The van der Waals surface area contributed by atoms with E-state index < -0.39 is 15.4 Å². The highest BCUT2D eigenvalue weighted by molar-refractivity contribution is 7.83. The van der Waals surface area contributed by atoms with Gasteiger partial charge in [-0.2, -0.15) is 0 Å². The average Bonchev–Trinajstić information content (AvgIpc) is 3.39. The molecule has 0 amide bonds. The second-order valence-electron chi connectivity index (χ2n) is 9.79. The summed E-state index contributed by atoms with van der Waals surface area (Å²) in [4.78, 5) is 0. The average molecular weight is 548 g/mol. The van der Waals surface area contributed by atoms with Crippen LogP contribution in [0.4, 0.5) is 8.78 Å². The minimum Gasteiger partial charge on any atom is -0.296 e. The molecule has 1 fully saturated rings. The maximum Gasteiger partial charge on any atom is 0.210 e. The minimum absolute atomic E-state index is 0.238. The van der Waals surface area contributed by atoms with Crippen molar-refractivity contribution in [1.82, 2.24) is 4.44 Å². The monoisotopic (exact) mass is 547 g/mol. The molecule has 2 unspecified atom stereocenters. The summed E-state index contributed by atoms with van der Waals surface area (Å²) in [7, 11) is -4.41. The summed E-state index contributed by atoms with van der Waals surface area (Å²) in [5.74, 6) is -0.731. The SMILES string of the molecule is CCCCN(P1C(c2ccccc2)CCC1c1ccccc1)P(=O)(c1ccc(F)cc1)c1ccc(F)cc1. The van der Waals surface area contributed by atoms with Crippen molar-refractivity contribution in [1.29, 1.82) is 0 Å². The Morgan fingerprint density at radius 2 is 1.13 bits per heavy atom. The van der Waals surface area contributed by atoms with E-state index in [0.717, 1.165) is 25.7 Å². The van der Waals surface area contributed by atoms with Gasteiger partial charge in [-0.15, -0.1) is 0 Å². The third-order valence-electron chi connectivity index (χ3n) is 7.38. The third kappa shape index (κ3) is 5.41. The molecule has 0 spiro atoms. The lowest BCUT2D eigenvalue weighted by Gasteiger charge is -2.42. The summed E-state index contributed by atoms with van der Waals surface area (Å²) in [6, 6.07) is 33.3. The number of rotatable bonds is 9. The number of nitrogens with zero attached hydrogens (tertiary/aromatic N) is 1. The van der Waals surface area contributed by atoms with Gasteiger partial charge in [0.1, 0.15) is 11.6 Å². The molecular weight excluding hydrogens is 514 g/mol. The van der Waals surface area contributed by atoms with Crippen LogP contribution in [0.15, 0.2) is 109 Å². The van der Waals surface area contributed by atoms with E-state index in [4.69, 9.17) is 0 Å². The normalized spacial score (nSPS) is 19.6. The largest absolute Gasteiger partial charge is 0.296 e. The predicted octanol–water partition coefficient (Wildman–Crippen LogP) is 8.97. The first-order valence-electron chi connectivity index (χ1n) is 13.3. The van der Waals surface area contributed by atoms with Crippen molar-refractivity contribution < 1.29 is 13.3 Å². The third-order valence-corrected chi connectivity index (χ3v) is 14.7. The molecule has 38 heavy (non-hydrogen) atoms. The van der Waals surface area contributed by atoms with Crippen molar-refractivity contribution in [3.8, 4) is 0 Å². The molecule has 4 aromatic carbocycles. The molecule has 0 saturated carbocycles. The summed E-state index contributed by atoms with van der Waals surface area (Å²) in [5.41, 5.74) is 3.01. The van der Waals surface area contributed by atoms with Gasteiger partial charge in [-0.05, 0) is 87.0 Å². The summed E-state index contributed by atoms with van der Waals surface area (Å²) < 4.78 is 46.1. The molecule has 0 bridgehead atoms. The van der Waals surface area contributed by atoms with Crippen LogP contribution >= 0.6 is 15.4 Å². The van der Waals surface area contributed by atoms with E-state index in [9.17, 15) is 8.78 Å². The molecule has 0 N–H and O–H groups in total. The lowest BCUT2D eigenvalue weighted by molar-refractivity contribution is 0.534. The van der Waals surface area contributed by atoms with E-state index >= 15 is 4.57 Å². The van der Waals surface area contributed by atoms with Crippen molar-refractivity contribution >= 4 is 26.0 Å². The lowest BCUT2D eigenvalue weighted by Crippen LogP contribution is -2.31. The van der Waals surface area contributed by atoms with Crippen LogP contribution in [0.1, 0.15) is 55.1 Å². The molecule has 6 heteroatoms. The number of benzene rings is 4. The van der Waals surface area contributed by atoms with Crippen LogP contribution in [-0.4, -0.2) is 11.0 Å². The van der Waals surface area contributed by atoms with E-state index in [0.29, 0.717) is 17.2 Å². The minimum atomic E-state index is -3.44. The summed E-state index contributed by atoms with van der Waals surface area (Å²) in [6.45, 7) is 2.80. The molecule has 1 aliphatic rings. The predicted molar refractivity (Wildman–Crippen MR) is 156 cm³/mol. The first kappa shape index (κ1) is 26.9. The summed E-state index contributed by atoms with van der Waals surface area (Å²) >= 11 is 0. The highest BCUT2D eigenvalue weighted by Crippen LogP contribution is 2.77. The standard InChI is InChI=1S/C32H33F2NOP2/c1-2-3-24-35(38(36,29-18-14-27(33)15-19-29)30-20-16-28(34)17-21-30)37-31(25-10-6-4-7-11-25)22-23-32(37)26-12-8-5-9-13-26/h4-21,31-32H,2-3,22-24H2,1H3. The number of hydrogen-bond donors (Lipinski definition) is 0. The second kappa shape index (κ2) is 12.0. The number of hydrogen-bond acceptors (Lipinski definition) is 1. The van der Waals surface area contributed by atoms with Crippen molar-refractivity contribution in [2.45, 2.75) is 43.9 Å². The van der Waals surface area contributed by atoms with E-state index in [1.54, 1.807) is 24.3 Å². The van der Waals surface area contributed by atoms with Crippen molar-refractivity contribution in [2.24, 2.45) is 0 Å². The van der Waals surface area contributed by atoms with Crippen LogP contribution in [0.3, 0.4) is 0 Å². The van der Waals surface area contributed by atoms with Crippen LogP contribution in [0.5, 0.6) is 0 Å². The van der Waals surface area contributed by atoms with Crippen molar-refractivity contribution in [3.63, 3.8) is 0 Å². The molecule has 1 aliphatic heterocycles. The quantitative estimate of drug-likeness (QED) is 0.195. The van der Waals surface area contributed by atoms with Crippen LogP contribution in [0.2, 0.25) is 0 Å². The Morgan fingerprint density at radius 1 is 0.711 bits per heavy atom. The first-order valence-corrected chi connectivity index (χ1v) is 16.4. The Labute approximate surface area is 226 Å². The fourth-order valence-electron chi connectivity index (χ4n) is 5.51. The maximum absolute atomic E-state index is 15.7. The van der Waals surface area contributed by atoms with Gasteiger partial charge in [0.2, 0.25) is 7.29 Å². The molecular formula is C32H33F2NOP2. The zero-order chi connectivity index (χ0) is 26.5. The first-order chi connectivity index (χ1) is 18.5. The van der Waals surface area contributed by atoms with Gasteiger partial charge in [-0.1, -0.05) is 74.0 Å². The molecule has 5 rings (SSSR count). The highest BCUT2D eigenvalue weighted by Gasteiger charge is 2.48. The summed E-state index contributed by atoms with van der Waals surface area (Å²) in [5, 5.41) is 1.18. The van der Waals surface area contributed by atoms with Crippen LogP contribution in [0.25, 0.3) is 0 Å². The Bertz CT molecular complexity index is 1270. The second-order valence-corrected chi connectivity index (χ2v) is 15.3. The smallest absolute Gasteiger partial charge is 0.210 e. The zero-order valence-electron chi connectivity index (χ0n) is 21.6. The van der Waals surface area contributed by atoms with Gasteiger partial charge in [-0.25, -0.2) is 13.2 Å². The van der Waals surface area contributed by atoms with E-state index in [1.165, 1.54) is 35.4 Å².